The van der Waals surface area contributed by atoms with Gasteiger partial charge in [0.15, 0.2) is 0 Å². The van der Waals surface area contributed by atoms with Gasteiger partial charge < -0.3 is 0 Å². The zero-order valence-electron chi connectivity index (χ0n) is 5.65. The van der Waals surface area contributed by atoms with Crippen LogP contribution in [0.5, 0.6) is 0 Å². The van der Waals surface area contributed by atoms with Crippen molar-refractivity contribution >= 4 is 11.8 Å². The molecule has 1 radical (unpaired) electrons. The van der Waals surface area contributed by atoms with E-state index in [1.807, 2.05) is 6.08 Å². The summed E-state index contributed by atoms with van der Waals surface area (Å²) in [4.78, 5) is 7.78. The molecule has 1 aliphatic rings. The van der Waals surface area contributed by atoms with Crippen LogP contribution < -0.4 is 5.32 Å². The Bertz CT molecular complexity index is 259. The van der Waals surface area contributed by atoms with Gasteiger partial charge >= 0.3 is 1.43 Å². The van der Waals surface area contributed by atoms with Gasteiger partial charge in [0.25, 0.3) is 0 Å². The van der Waals surface area contributed by atoms with Crippen molar-refractivity contribution in [2.45, 2.75) is 0 Å². The Labute approximate surface area is 53.9 Å². The average molecular weight is 119 g/mol. The number of nitrogens with zero attached hydrogens (tertiary/aromatic N) is 3. The van der Waals surface area contributed by atoms with Crippen molar-refractivity contribution in [3.05, 3.63) is 24.4 Å². The molecule has 2 heterocycles. The van der Waals surface area contributed by atoms with Crippen LogP contribution in [-0.4, -0.2) is 9.97 Å². The maximum atomic E-state index is 3.99. The lowest BCUT2D eigenvalue weighted by Crippen LogP contribution is -1.85. The Morgan fingerprint density at radius 3 is 3.33 bits per heavy atom. The maximum Gasteiger partial charge on any atom is 1.00 e. The van der Waals surface area contributed by atoms with Crippen LogP contribution in [0.25, 0.3) is 6.08 Å². The highest BCUT2D eigenvalue weighted by molar-refractivity contribution is 5.63. The normalized spacial score (nSPS) is 12.9. The highest BCUT2D eigenvalue weighted by Gasteiger charge is 2.04. The molecule has 0 bridgehead atoms. The third kappa shape index (κ3) is 0.579. The Morgan fingerprint density at radius 2 is 2.44 bits per heavy atom. The van der Waals surface area contributed by atoms with E-state index in [1.165, 1.54) is 6.33 Å². The second-order valence-electron chi connectivity index (χ2n) is 1.74. The summed E-state index contributed by atoms with van der Waals surface area (Å²) in [6.07, 6.45) is 6.79. The van der Waals surface area contributed by atoms with Gasteiger partial charge in [0, 0.05) is 6.20 Å². The summed E-state index contributed by atoms with van der Waals surface area (Å²) >= 11 is 0. The van der Waals surface area contributed by atoms with Crippen molar-refractivity contribution in [2.24, 2.45) is 0 Å². The molecule has 0 saturated carbocycles. The van der Waals surface area contributed by atoms with Crippen LogP contribution in [0.15, 0.2) is 18.7 Å². The first-order valence-corrected chi connectivity index (χ1v) is 2.64. The lowest BCUT2D eigenvalue weighted by molar-refractivity contribution is 1.10. The molecular formula is C6H5N3+. The lowest BCUT2D eigenvalue weighted by Gasteiger charge is -1.90. The smallest absolute Gasteiger partial charge is 0.253 e. The van der Waals surface area contributed by atoms with E-state index >= 15 is 0 Å². The molecule has 0 N–H and O–H groups in total. The predicted molar refractivity (Wildman–Crippen MR) is 34.0 cm³/mol. The maximum absolute atomic E-state index is 3.99. The Hall–Kier alpha value is -1.38. The van der Waals surface area contributed by atoms with Gasteiger partial charge in [0.1, 0.15) is 12.0 Å². The zero-order chi connectivity index (χ0) is 6.10. The van der Waals surface area contributed by atoms with Crippen molar-refractivity contribution in [3.8, 4) is 0 Å². The molecule has 3 heteroatoms. The molecule has 0 aromatic carbocycles. The fourth-order valence-corrected chi connectivity index (χ4v) is 0.748. The van der Waals surface area contributed by atoms with Crippen molar-refractivity contribution in [1.82, 2.24) is 15.3 Å². The van der Waals surface area contributed by atoms with Crippen molar-refractivity contribution in [3.63, 3.8) is 0 Å². The van der Waals surface area contributed by atoms with E-state index in [-0.39, 0.29) is 1.43 Å². The average Bonchev–Trinajstić information content (AvgIpc) is 2.33. The Morgan fingerprint density at radius 1 is 1.44 bits per heavy atom. The molecule has 0 amide bonds. The summed E-state index contributed by atoms with van der Waals surface area (Å²) in [5.41, 5.74) is 1.77. The molecule has 0 aliphatic carbocycles. The number of hydrogen-bond acceptors (Lipinski definition) is 2. The number of hydrogen-bond donors (Lipinski definition) is 0. The van der Waals surface area contributed by atoms with Crippen LogP contribution in [0.2, 0.25) is 0 Å². The molecule has 43 valence electrons. The third-order valence-electron chi connectivity index (χ3n) is 1.17. The quantitative estimate of drug-likeness (QED) is 0.507. The summed E-state index contributed by atoms with van der Waals surface area (Å²) in [5.74, 6) is 0. The monoisotopic (exact) mass is 119 g/mol. The van der Waals surface area contributed by atoms with E-state index < -0.39 is 0 Å². The molecule has 0 saturated heterocycles. The van der Waals surface area contributed by atoms with Crippen LogP contribution in [0.4, 0.5) is 5.69 Å². The highest BCUT2D eigenvalue weighted by atomic mass is 15.0. The third-order valence-corrected chi connectivity index (χ3v) is 1.17. The van der Waals surface area contributed by atoms with Gasteiger partial charge in [-0.2, -0.15) is 0 Å². The molecule has 2 rings (SSSR count). The fraction of sp³-hybridized carbons (Fsp3) is 0. The van der Waals surface area contributed by atoms with E-state index in [2.05, 4.69) is 15.3 Å². The molecule has 1 aromatic heterocycles. The number of rotatable bonds is 0. The van der Waals surface area contributed by atoms with Gasteiger partial charge in [-0.3, -0.25) is 5.32 Å². The van der Waals surface area contributed by atoms with Gasteiger partial charge in [-0.1, -0.05) is 0 Å². The molecule has 0 atom stereocenters. The summed E-state index contributed by atoms with van der Waals surface area (Å²) in [6.45, 7) is 0. The standard InChI is InChI=1S/C6H4N3/c1-2-8-6-3-7-4-9-5(1)6/h1-4H/p+1. The fourth-order valence-electron chi connectivity index (χ4n) is 0.748. The largest absolute Gasteiger partial charge is 1.00 e. The van der Waals surface area contributed by atoms with Gasteiger partial charge in [-0.05, 0) is 6.08 Å². The Kier molecular flexibility index (Phi) is 0.773. The van der Waals surface area contributed by atoms with Crippen LogP contribution in [0.3, 0.4) is 0 Å². The highest BCUT2D eigenvalue weighted by Crippen LogP contribution is 2.17. The second kappa shape index (κ2) is 1.55. The van der Waals surface area contributed by atoms with E-state index in [0.29, 0.717) is 0 Å². The summed E-state index contributed by atoms with van der Waals surface area (Å²) < 4.78 is 0. The molecule has 1 aliphatic heterocycles. The predicted octanol–water partition coefficient (Wildman–Crippen LogP) is 0.809. The van der Waals surface area contributed by atoms with Gasteiger partial charge in [-0.15, -0.1) is 0 Å². The number of fused-ring (bicyclic) bond motifs is 1. The van der Waals surface area contributed by atoms with Gasteiger partial charge in [0.2, 0.25) is 0 Å². The molecule has 0 unspecified atom stereocenters. The topological polar surface area (TPSA) is 39.9 Å². The van der Waals surface area contributed by atoms with E-state index in [0.717, 1.165) is 11.4 Å². The van der Waals surface area contributed by atoms with Crippen molar-refractivity contribution < 1.29 is 1.43 Å². The van der Waals surface area contributed by atoms with E-state index in [9.17, 15) is 0 Å². The second-order valence-corrected chi connectivity index (χ2v) is 1.74. The Balaban J connectivity index is 0.000000500. The van der Waals surface area contributed by atoms with Crippen LogP contribution in [0, 0.1) is 0 Å². The SMILES string of the molecule is C1=Cc2ncncc2[N]1.[H+]. The van der Waals surface area contributed by atoms with Gasteiger partial charge in [0.05, 0.1) is 11.9 Å². The summed E-state index contributed by atoms with van der Waals surface area (Å²) in [5, 5.41) is 3.99. The van der Waals surface area contributed by atoms with Crippen LogP contribution in [0.1, 0.15) is 7.12 Å². The molecule has 0 fully saturated rings. The lowest BCUT2D eigenvalue weighted by atomic mass is 10.4. The number of aromatic nitrogens is 2. The van der Waals surface area contributed by atoms with Crippen molar-refractivity contribution in [1.29, 1.82) is 0 Å². The van der Waals surface area contributed by atoms with Gasteiger partial charge in [-0.25, -0.2) is 9.97 Å². The van der Waals surface area contributed by atoms with Crippen LogP contribution >= 0.6 is 0 Å². The molecule has 9 heavy (non-hydrogen) atoms. The molecule has 3 nitrogen and oxygen atoms in total. The zero-order valence-corrected chi connectivity index (χ0v) is 4.65. The van der Waals surface area contributed by atoms with Crippen molar-refractivity contribution in [2.75, 3.05) is 0 Å². The first-order chi connectivity index (χ1) is 4.47. The molecule has 0 spiro atoms. The minimum atomic E-state index is 0. The first kappa shape index (κ1) is 4.49. The summed E-state index contributed by atoms with van der Waals surface area (Å²) in [7, 11) is 0. The minimum Gasteiger partial charge on any atom is -0.253 e. The minimum absolute atomic E-state index is 0. The van der Waals surface area contributed by atoms with E-state index in [4.69, 9.17) is 0 Å². The van der Waals surface area contributed by atoms with Crippen LogP contribution in [-0.2, 0) is 0 Å². The summed E-state index contributed by atoms with van der Waals surface area (Å²) in [6, 6.07) is 0. The van der Waals surface area contributed by atoms with E-state index in [1.54, 1.807) is 12.4 Å². The molecule has 1 aromatic rings. The molecular weight excluding hydrogens is 114 g/mol. The first-order valence-electron chi connectivity index (χ1n) is 2.64.